The van der Waals surface area contributed by atoms with E-state index in [9.17, 15) is 8.42 Å². The van der Waals surface area contributed by atoms with Crippen LogP contribution in [-0.2, 0) is 21.9 Å². The average Bonchev–Trinajstić information content (AvgIpc) is 3.51. The van der Waals surface area contributed by atoms with Gasteiger partial charge in [0.05, 0.1) is 11.1 Å². The summed E-state index contributed by atoms with van der Waals surface area (Å²) in [6.45, 7) is 4.45. The second kappa shape index (κ2) is 6.74. The Hall–Kier alpha value is -3.03. The third-order valence-corrected chi connectivity index (χ3v) is 10.00. The molecule has 3 heterocycles. The fraction of sp³-hybridized carbons (Fsp3) is 0.231. The van der Waals surface area contributed by atoms with Gasteiger partial charge < -0.3 is 9.64 Å². The Kier molecular flexibility index (Phi) is 4.20. The fourth-order valence-electron chi connectivity index (χ4n) is 5.47. The van der Waals surface area contributed by atoms with Crippen molar-refractivity contribution in [2.24, 2.45) is 0 Å². The molecular formula is C26H24N2O3S2. The van der Waals surface area contributed by atoms with Crippen molar-refractivity contribution < 1.29 is 13.2 Å². The number of anilines is 2. The number of hydrogen-bond donors (Lipinski definition) is 1. The number of rotatable bonds is 3. The molecular weight excluding hydrogens is 452 g/mol. The molecule has 6 rings (SSSR count). The van der Waals surface area contributed by atoms with Gasteiger partial charge in [0.2, 0.25) is 0 Å². The number of sulfonamides is 1. The predicted molar refractivity (Wildman–Crippen MR) is 134 cm³/mol. The number of hydrogen-bond acceptors (Lipinski definition) is 5. The number of fused-ring (bicyclic) bond motifs is 4. The number of benzene rings is 3. The third-order valence-electron chi connectivity index (χ3n) is 7.23. The third kappa shape index (κ3) is 2.72. The summed E-state index contributed by atoms with van der Waals surface area (Å²) in [5.74, 6) is 0.831. The van der Waals surface area contributed by atoms with Crippen LogP contribution < -0.4 is 14.4 Å². The van der Waals surface area contributed by atoms with Crippen LogP contribution in [0.3, 0.4) is 0 Å². The summed E-state index contributed by atoms with van der Waals surface area (Å²) in [5.41, 5.74) is 3.14. The van der Waals surface area contributed by atoms with Crippen LogP contribution >= 0.6 is 11.3 Å². The van der Waals surface area contributed by atoms with Crippen LogP contribution in [0.5, 0.6) is 5.75 Å². The molecule has 4 aromatic rings. The van der Waals surface area contributed by atoms with E-state index in [1.165, 1.54) is 22.6 Å². The maximum Gasteiger partial charge on any atom is 0.271 e. The van der Waals surface area contributed by atoms with Gasteiger partial charge in [0.15, 0.2) is 5.72 Å². The lowest BCUT2D eigenvalue weighted by Crippen LogP contribution is -2.58. The van der Waals surface area contributed by atoms with Crippen LogP contribution in [0.1, 0.15) is 25.0 Å². The molecule has 1 spiro atoms. The van der Waals surface area contributed by atoms with Gasteiger partial charge in [-0.15, -0.1) is 11.3 Å². The van der Waals surface area contributed by atoms with E-state index in [0.717, 1.165) is 22.1 Å². The second-order valence-electron chi connectivity index (χ2n) is 9.26. The topological polar surface area (TPSA) is 58.6 Å². The molecule has 0 fully saturated rings. The lowest BCUT2D eigenvalue weighted by atomic mass is 9.76. The van der Waals surface area contributed by atoms with Gasteiger partial charge in [-0.3, -0.25) is 4.72 Å². The summed E-state index contributed by atoms with van der Waals surface area (Å²) in [6, 6.07) is 21.6. The number of thiophene rings is 1. The van der Waals surface area contributed by atoms with Crippen LogP contribution in [0.25, 0.3) is 10.8 Å². The lowest BCUT2D eigenvalue weighted by Gasteiger charge is -2.42. The van der Waals surface area contributed by atoms with E-state index in [-0.39, 0.29) is 5.41 Å². The molecule has 2 aliphatic rings. The van der Waals surface area contributed by atoms with E-state index >= 15 is 0 Å². The van der Waals surface area contributed by atoms with Crippen LogP contribution in [-0.4, -0.2) is 21.2 Å². The molecule has 7 heteroatoms. The van der Waals surface area contributed by atoms with Crippen molar-refractivity contribution in [1.29, 1.82) is 0 Å². The van der Waals surface area contributed by atoms with Gasteiger partial charge in [-0.2, -0.15) is 0 Å². The standard InChI is InChI=1S/C26H24N2O3S2/c1-25(2)20-11-6-7-12-22(20)28(3)26(25)16-17-15-21(27-33(29,30)23-13-8-14-32-23)18-9-4-5-10-19(18)24(17)31-26/h4-15,27H,16H2,1-3H3. The molecule has 1 N–H and O–H groups in total. The molecule has 5 nitrogen and oxygen atoms in total. The largest absolute Gasteiger partial charge is 0.466 e. The molecule has 2 aliphatic heterocycles. The Morgan fingerprint density at radius 3 is 2.45 bits per heavy atom. The Labute approximate surface area is 197 Å². The monoisotopic (exact) mass is 476 g/mol. The summed E-state index contributed by atoms with van der Waals surface area (Å²) >= 11 is 1.21. The first kappa shape index (κ1) is 20.6. The van der Waals surface area contributed by atoms with Gasteiger partial charge >= 0.3 is 0 Å². The Bertz CT molecular complexity index is 1510. The molecule has 0 saturated carbocycles. The van der Waals surface area contributed by atoms with Crippen molar-refractivity contribution in [3.8, 4) is 5.75 Å². The fourth-order valence-corrected chi connectivity index (χ4v) is 7.54. The summed E-state index contributed by atoms with van der Waals surface area (Å²) in [4.78, 5) is 2.24. The molecule has 33 heavy (non-hydrogen) atoms. The van der Waals surface area contributed by atoms with Gasteiger partial charge in [0.1, 0.15) is 9.96 Å². The number of nitrogens with zero attached hydrogens (tertiary/aromatic N) is 1. The Morgan fingerprint density at radius 2 is 1.73 bits per heavy atom. The van der Waals surface area contributed by atoms with Gasteiger partial charge in [-0.05, 0) is 43.0 Å². The van der Waals surface area contributed by atoms with E-state index in [0.29, 0.717) is 16.3 Å². The molecule has 1 unspecified atom stereocenters. The first-order chi connectivity index (χ1) is 15.7. The van der Waals surface area contributed by atoms with Crippen molar-refractivity contribution >= 4 is 43.5 Å². The molecule has 1 aromatic heterocycles. The Balaban J connectivity index is 1.50. The quantitative estimate of drug-likeness (QED) is 0.408. The average molecular weight is 477 g/mol. The molecule has 0 saturated heterocycles. The zero-order chi connectivity index (χ0) is 23.0. The number of para-hydroxylation sites is 1. The van der Waals surface area contributed by atoms with E-state index in [2.05, 4.69) is 54.8 Å². The Morgan fingerprint density at radius 1 is 1.00 bits per heavy atom. The molecule has 3 aromatic carbocycles. The minimum absolute atomic E-state index is 0.269. The number of likely N-dealkylation sites (N-methyl/N-ethyl adjacent to an activating group) is 1. The predicted octanol–water partition coefficient (Wildman–Crippen LogP) is 5.76. The first-order valence-electron chi connectivity index (χ1n) is 10.9. The van der Waals surface area contributed by atoms with Crippen molar-refractivity contribution in [1.82, 2.24) is 0 Å². The van der Waals surface area contributed by atoms with Crippen LogP contribution in [0, 0.1) is 0 Å². The molecule has 0 aliphatic carbocycles. The van der Waals surface area contributed by atoms with E-state index < -0.39 is 15.7 Å². The van der Waals surface area contributed by atoms with E-state index in [4.69, 9.17) is 4.74 Å². The van der Waals surface area contributed by atoms with Crippen molar-refractivity contribution in [2.75, 3.05) is 16.7 Å². The highest BCUT2D eigenvalue weighted by atomic mass is 32.2. The van der Waals surface area contributed by atoms with Crippen molar-refractivity contribution in [3.63, 3.8) is 0 Å². The zero-order valence-corrected chi connectivity index (χ0v) is 20.3. The first-order valence-corrected chi connectivity index (χ1v) is 13.2. The van der Waals surface area contributed by atoms with Gasteiger partial charge in [-0.1, -0.05) is 48.5 Å². The normalized spacial score (nSPS) is 20.6. The summed E-state index contributed by atoms with van der Waals surface area (Å²) < 4.78 is 36.1. The molecule has 0 amide bonds. The summed E-state index contributed by atoms with van der Waals surface area (Å²) in [7, 11) is -1.58. The van der Waals surface area contributed by atoms with Gasteiger partial charge in [0, 0.05) is 35.5 Å². The van der Waals surface area contributed by atoms with Crippen LogP contribution in [0.15, 0.2) is 76.3 Å². The maximum atomic E-state index is 13.0. The minimum Gasteiger partial charge on any atom is -0.466 e. The molecule has 168 valence electrons. The summed E-state index contributed by atoms with van der Waals surface area (Å²) in [5, 5.41) is 3.50. The van der Waals surface area contributed by atoms with Gasteiger partial charge in [-0.25, -0.2) is 8.42 Å². The zero-order valence-electron chi connectivity index (χ0n) is 18.6. The summed E-state index contributed by atoms with van der Waals surface area (Å²) in [6.07, 6.45) is 0.652. The van der Waals surface area contributed by atoms with Crippen molar-refractivity contribution in [2.45, 2.75) is 35.6 Å². The van der Waals surface area contributed by atoms with E-state index in [1.54, 1.807) is 17.5 Å². The second-order valence-corrected chi connectivity index (χ2v) is 12.1. The molecule has 1 atom stereocenters. The van der Waals surface area contributed by atoms with E-state index in [1.807, 2.05) is 30.3 Å². The van der Waals surface area contributed by atoms with Crippen molar-refractivity contribution in [3.05, 3.63) is 83.2 Å². The SMILES string of the molecule is CN1c2ccccc2C(C)(C)C12Cc1cc(NS(=O)(=O)c3cccs3)c3ccccc3c1O2. The molecule has 0 radical (unpaired) electrons. The lowest BCUT2D eigenvalue weighted by molar-refractivity contribution is 0.0362. The highest BCUT2D eigenvalue weighted by Gasteiger charge is 2.60. The number of nitrogens with one attached hydrogen (secondary N) is 1. The van der Waals surface area contributed by atoms with Gasteiger partial charge in [0.25, 0.3) is 10.0 Å². The highest BCUT2D eigenvalue weighted by molar-refractivity contribution is 7.94. The smallest absolute Gasteiger partial charge is 0.271 e. The highest BCUT2D eigenvalue weighted by Crippen LogP contribution is 2.57. The maximum absolute atomic E-state index is 13.0. The minimum atomic E-state index is -3.67. The molecule has 0 bridgehead atoms. The van der Waals surface area contributed by atoms with Crippen LogP contribution in [0.4, 0.5) is 11.4 Å². The number of ether oxygens (including phenoxy) is 1. The van der Waals surface area contributed by atoms with Crippen LogP contribution in [0.2, 0.25) is 0 Å².